The van der Waals surface area contributed by atoms with Gasteiger partial charge in [-0.3, -0.25) is 0 Å². The van der Waals surface area contributed by atoms with Crippen molar-refractivity contribution in [2.24, 2.45) is 0 Å². The number of fused-ring (bicyclic) bond motifs is 1. The number of nitrogens with zero attached hydrogens (tertiary/aromatic N) is 4. The van der Waals surface area contributed by atoms with Crippen LogP contribution in [0, 0.1) is 11.3 Å². The highest BCUT2D eigenvalue weighted by atomic mass is 32.2. The van der Waals surface area contributed by atoms with E-state index in [1.54, 1.807) is 18.3 Å². The minimum Gasteiger partial charge on any atom is -0.378 e. The predicted octanol–water partition coefficient (Wildman–Crippen LogP) is 2.01. The van der Waals surface area contributed by atoms with E-state index in [4.69, 9.17) is 9.47 Å². The van der Waals surface area contributed by atoms with Crippen molar-refractivity contribution < 1.29 is 17.9 Å². The smallest absolute Gasteiger partial charge is 0.242 e. The van der Waals surface area contributed by atoms with Crippen LogP contribution in [-0.2, 0) is 19.5 Å². The molecule has 2 aliphatic heterocycles. The summed E-state index contributed by atoms with van der Waals surface area (Å²) in [6.07, 6.45) is 0.834. The van der Waals surface area contributed by atoms with Crippen molar-refractivity contribution >= 4 is 21.7 Å². The maximum atomic E-state index is 12.9. The molecule has 5 rings (SSSR count). The lowest BCUT2D eigenvalue weighted by atomic mass is 10.1. The third-order valence-corrected chi connectivity index (χ3v) is 7.85. The zero-order chi connectivity index (χ0) is 25.3. The first-order chi connectivity index (χ1) is 17.4. The van der Waals surface area contributed by atoms with Gasteiger partial charge in [0.2, 0.25) is 16.0 Å². The van der Waals surface area contributed by atoms with E-state index in [1.165, 1.54) is 12.1 Å². The Kier molecular flexibility index (Phi) is 6.59. The molecule has 11 heteroatoms. The molecule has 0 bridgehead atoms. The first kappa shape index (κ1) is 24.1. The molecule has 4 atom stereocenters. The van der Waals surface area contributed by atoms with E-state index in [0.717, 1.165) is 16.9 Å². The topological polar surface area (TPSA) is 129 Å². The number of hydrogen-bond acceptors (Lipinski definition) is 9. The van der Waals surface area contributed by atoms with E-state index in [9.17, 15) is 13.7 Å². The van der Waals surface area contributed by atoms with Crippen LogP contribution >= 0.6 is 0 Å². The zero-order valence-corrected chi connectivity index (χ0v) is 20.6. The highest BCUT2D eigenvalue weighted by molar-refractivity contribution is 7.89. The normalized spacial score (nSPS) is 23.1. The first-order valence-corrected chi connectivity index (χ1v) is 13.0. The number of nitriles is 1. The third-order valence-electron chi connectivity index (χ3n) is 6.31. The molecule has 2 saturated heterocycles. The number of sulfonamides is 1. The van der Waals surface area contributed by atoms with Crippen molar-refractivity contribution in [3.05, 3.63) is 66.4 Å². The van der Waals surface area contributed by atoms with E-state index in [0.29, 0.717) is 12.6 Å². The SMILES string of the molecule is CN(C)c1ccc(-c2ccnc(N[C@@H]3CO[C@@H]4[C@@H]3OC[C@@H]4NS(=O)(=O)c3ccccc3C#N)n2)cc1. The number of anilines is 2. The summed E-state index contributed by atoms with van der Waals surface area (Å²) in [5, 5.41) is 12.6. The van der Waals surface area contributed by atoms with Crippen molar-refractivity contribution in [3.8, 4) is 17.3 Å². The Bertz CT molecular complexity index is 1390. The number of nitrogens with one attached hydrogen (secondary N) is 2. The quantitative estimate of drug-likeness (QED) is 0.494. The highest BCUT2D eigenvalue weighted by Crippen LogP contribution is 2.30. The van der Waals surface area contributed by atoms with Gasteiger partial charge in [-0.05, 0) is 30.3 Å². The summed E-state index contributed by atoms with van der Waals surface area (Å²) in [5.41, 5.74) is 2.93. The van der Waals surface area contributed by atoms with Crippen molar-refractivity contribution in [2.45, 2.75) is 29.2 Å². The van der Waals surface area contributed by atoms with Crippen molar-refractivity contribution in [1.82, 2.24) is 14.7 Å². The van der Waals surface area contributed by atoms with Crippen LogP contribution in [0.15, 0.2) is 65.7 Å². The summed E-state index contributed by atoms with van der Waals surface area (Å²) in [7, 11) is 0.0542. The molecular formula is C25H26N6O4S. The second kappa shape index (κ2) is 9.83. The van der Waals surface area contributed by atoms with Gasteiger partial charge in [-0.25, -0.2) is 23.1 Å². The van der Waals surface area contributed by atoms with Gasteiger partial charge in [-0.15, -0.1) is 0 Å². The molecule has 186 valence electrons. The molecule has 2 aromatic carbocycles. The van der Waals surface area contributed by atoms with Crippen LogP contribution < -0.4 is 14.9 Å². The number of aromatic nitrogens is 2. The van der Waals surface area contributed by atoms with Gasteiger partial charge in [0.15, 0.2) is 0 Å². The molecule has 0 saturated carbocycles. The first-order valence-electron chi connectivity index (χ1n) is 11.5. The fourth-order valence-electron chi connectivity index (χ4n) is 4.47. The summed E-state index contributed by atoms with van der Waals surface area (Å²) in [5.74, 6) is 0.439. The van der Waals surface area contributed by atoms with Gasteiger partial charge in [0.25, 0.3) is 0 Å². The molecule has 2 fully saturated rings. The Hall–Kier alpha value is -3.56. The van der Waals surface area contributed by atoms with E-state index >= 15 is 0 Å². The van der Waals surface area contributed by atoms with Crippen molar-refractivity contribution in [3.63, 3.8) is 0 Å². The van der Waals surface area contributed by atoms with Crippen LogP contribution in [0.4, 0.5) is 11.6 Å². The largest absolute Gasteiger partial charge is 0.378 e. The molecule has 0 unspecified atom stereocenters. The molecule has 36 heavy (non-hydrogen) atoms. The van der Waals surface area contributed by atoms with Gasteiger partial charge in [0.05, 0.1) is 41.5 Å². The second-order valence-corrected chi connectivity index (χ2v) is 10.6. The Balaban J connectivity index is 1.27. The average molecular weight is 507 g/mol. The molecule has 3 aromatic rings. The molecule has 2 aliphatic rings. The summed E-state index contributed by atoms with van der Waals surface area (Å²) in [4.78, 5) is 11.0. The number of rotatable bonds is 7. The van der Waals surface area contributed by atoms with E-state index < -0.39 is 22.2 Å². The third kappa shape index (κ3) is 4.76. The monoisotopic (exact) mass is 506 g/mol. The lowest BCUT2D eigenvalue weighted by Gasteiger charge is -2.19. The summed E-state index contributed by atoms with van der Waals surface area (Å²) < 4.78 is 40.4. The average Bonchev–Trinajstić information content (AvgIpc) is 3.47. The number of benzene rings is 2. The second-order valence-electron chi connectivity index (χ2n) is 8.89. The molecule has 0 spiro atoms. The van der Waals surface area contributed by atoms with Gasteiger partial charge < -0.3 is 19.7 Å². The molecule has 10 nitrogen and oxygen atoms in total. The van der Waals surface area contributed by atoms with Gasteiger partial charge >= 0.3 is 0 Å². The standard InChI is InChI=1S/C25H26N6O4S/c1-31(2)18-9-7-16(8-10-18)19-11-12-27-25(28-19)29-20-14-34-24-21(15-35-23(20)24)30-36(32,33)22-6-4-3-5-17(22)13-26/h3-12,20-21,23-24,30H,14-15H2,1-2H3,(H,27,28,29)/t20-,21+,23-,24+/m1/s1. The van der Waals surface area contributed by atoms with Crippen LogP contribution in [0.2, 0.25) is 0 Å². The van der Waals surface area contributed by atoms with Crippen LogP contribution in [-0.4, -0.2) is 70.0 Å². The lowest BCUT2D eigenvalue weighted by Crippen LogP contribution is -2.44. The van der Waals surface area contributed by atoms with Gasteiger partial charge in [0.1, 0.15) is 18.3 Å². The van der Waals surface area contributed by atoms with Gasteiger partial charge in [-0.2, -0.15) is 5.26 Å². The molecule has 0 aliphatic carbocycles. The van der Waals surface area contributed by atoms with Crippen LogP contribution in [0.3, 0.4) is 0 Å². The molecule has 1 aromatic heterocycles. The lowest BCUT2D eigenvalue weighted by molar-refractivity contribution is 0.0690. The molecular weight excluding hydrogens is 480 g/mol. The Morgan fingerprint density at radius 3 is 2.42 bits per heavy atom. The van der Waals surface area contributed by atoms with E-state index in [2.05, 4.69) is 20.0 Å². The minimum atomic E-state index is -3.93. The summed E-state index contributed by atoms with van der Waals surface area (Å²) >= 11 is 0. The zero-order valence-electron chi connectivity index (χ0n) is 19.8. The van der Waals surface area contributed by atoms with Crippen LogP contribution in [0.1, 0.15) is 5.56 Å². The summed E-state index contributed by atoms with van der Waals surface area (Å²) in [6, 6.07) is 17.1. The molecule has 0 radical (unpaired) electrons. The van der Waals surface area contributed by atoms with E-state index in [-0.39, 0.29) is 29.2 Å². The molecule has 3 heterocycles. The van der Waals surface area contributed by atoms with E-state index in [1.807, 2.05) is 55.4 Å². The Labute approximate surface area is 209 Å². The fourth-order valence-corrected chi connectivity index (χ4v) is 5.85. The minimum absolute atomic E-state index is 0.0625. The Morgan fingerprint density at radius 2 is 1.69 bits per heavy atom. The van der Waals surface area contributed by atoms with Gasteiger partial charge in [-0.1, -0.05) is 24.3 Å². The Morgan fingerprint density at radius 1 is 1.00 bits per heavy atom. The highest BCUT2D eigenvalue weighted by Gasteiger charge is 2.49. The maximum Gasteiger partial charge on any atom is 0.242 e. The van der Waals surface area contributed by atoms with Crippen molar-refractivity contribution in [2.75, 3.05) is 37.5 Å². The summed E-state index contributed by atoms with van der Waals surface area (Å²) in [6.45, 7) is 0.466. The number of ether oxygens (including phenoxy) is 2. The molecule has 2 N–H and O–H groups in total. The predicted molar refractivity (Wildman–Crippen MR) is 134 cm³/mol. The number of hydrogen-bond donors (Lipinski definition) is 2. The maximum absolute atomic E-state index is 12.9. The van der Waals surface area contributed by atoms with Crippen LogP contribution in [0.5, 0.6) is 0 Å². The van der Waals surface area contributed by atoms with Crippen LogP contribution in [0.25, 0.3) is 11.3 Å². The fraction of sp³-hybridized carbons (Fsp3) is 0.320. The van der Waals surface area contributed by atoms with Gasteiger partial charge in [0, 0.05) is 31.5 Å². The van der Waals surface area contributed by atoms with Crippen molar-refractivity contribution in [1.29, 1.82) is 5.26 Å². The molecule has 0 amide bonds.